The van der Waals surface area contributed by atoms with Crippen molar-refractivity contribution in [3.05, 3.63) is 59.7 Å². The van der Waals surface area contributed by atoms with Crippen molar-refractivity contribution in [3.8, 4) is 0 Å². The topological polar surface area (TPSA) is 77.6 Å². The zero-order chi connectivity index (χ0) is 19.7. The molecule has 2 aromatic rings. The average molecular weight is 405 g/mol. The highest BCUT2D eigenvalue weighted by Gasteiger charge is 2.34. The number of nitrogens with one attached hydrogen (secondary N) is 2. The minimum atomic E-state index is -3.68. The molecule has 4 rings (SSSR count). The number of aromatic nitrogens is 1. The van der Waals surface area contributed by atoms with Gasteiger partial charge in [-0.1, -0.05) is 6.07 Å². The molecule has 2 fully saturated rings. The fraction of sp³-hybridized carbons (Fsp3) is 0.421. The van der Waals surface area contributed by atoms with Gasteiger partial charge in [0.15, 0.2) is 0 Å². The van der Waals surface area contributed by atoms with Crippen LogP contribution in [0.3, 0.4) is 0 Å². The number of piperazine rings is 1. The standard InChI is InChI=1S/C19H24FN5O2S/c1-14-2-3-16(12-17(14)20)28(26,27)25-10-8-24(9-11-25)19-13-18(22-23-19)15-4-6-21-7-5-15/h2-7,12,18-19,22-23H,8-11,13H2,1H3. The Morgan fingerprint density at radius 3 is 2.46 bits per heavy atom. The second kappa shape index (κ2) is 7.84. The maximum absolute atomic E-state index is 13.8. The summed E-state index contributed by atoms with van der Waals surface area (Å²) in [5, 5.41) is 0. The Morgan fingerprint density at radius 2 is 1.79 bits per heavy atom. The molecule has 2 N–H and O–H groups in total. The number of hydrogen-bond donors (Lipinski definition) is 2. The molecule has 3 heterocycles. The molecule has 2 aliphatic rings. The van der Waals surface area contributed by atoms with Gasteiger partial charge in [-0.15, -0.1) is 0 Å². The second-order valence-electron chi connectivity index (χ2n) is 7.22. The number of aryl methyl sites for hydroxylation is 1. The van der Waals surface area contributed by atoms with Crippen LogP contribution in [0.25, 0.3) is 0 Å². The molecule has 0 saturated carbocycles. The van der Waals surface area contributed by atoms with E-state index in [0.717, 1.165) is 12.5 Å². The normalized spacial score (nSPS) is 24.5. The molecule has 0 spiro atoms. The van der Waals surface area contributed by atoms with Gasteiger partial charge >= 0.3 is 0 Å². The lowest BCUT2D eigenvalue weighted by molar-refractivity contribution is 0.123. The number of rotatable bonds is 4. The maximum atomic E-state index is 13.8. The second-order valence-corrected chi connectivity index (χ2v) is 9.16. The van der Waals surface area contributed by atoms with E-state index in [4.69, 9.17) is 0 Å². The monoisotopic (exact) mass is 405 g/mol. The van der Waals surface area contributed by atoms with Gasteiger partial charge in [0.05, 0.1) is 11.1 Å². The highest BCUT2D eigenvalue weighted by molar-refractivity contribution is 7.89. The van der Waals surface area contributed by atoms with E-state index in [2.05, 4.69) is 20.7 Å². The van der Waals surface area contributed by atoms with Crippen molar-refractivity contribution in [2.45, 2.75) is 30.4 Å². The Hall–Kier alpha value is -1.91. The molecule has 1 aromatic carbocycles. The van der Waals surface area contributed by atoms with Gasteiger partial charge in [-0.2, -0.15) is 4.31 Å². The van der Waals surface area contributed by atoms with Crippen LogP contribution in [0.1, 0.15) is 23.6 Å². The quantitative estimate of drug-likeness (QED) is 0.801. The molecule has 9 heteroatoms. The summed E-state index contributed by atoms with van der Waals surface area (Å²) in [6.45, 7) is 3.63. The molecule has 0 radical (unpaired) electrons. The van der Waals surface area contributed by atoms with Crippen molar-refractivity contribution in [2.75, 3.05) is 26.2 Å². The maximum Gasteiger partial charge on any atom is 0.243 e. The largest absolute Gasteiger partial charge is 0.284 e. The molecule has 1 aromatic heterocycles. The Bertz CT molecular complexity index is 933. The van der Waals surface area contributed by atoms with Crippen LogP contribution in [0.4, 0.5) is 4.39 Å². The van der Waals surface area contributed by atoms with Gasteiger partial charge < -0.3 is 0 Å². The zero-order valence-electron chi connectivity index (χ0n) is 15.7. The van der Waals surface area contributed by atoms with Crippen LogP contribution < -0.4 is 10.9 Å². The highest BCUT2D eigenvalue weighted by Crippen LogP contribution is 2.25. The van der Waals surface area contributed by atoms with E-state index in [0.29, 0.717) is 31.7 Å². The molecule has 150 valence electrons. The molecule has 28 heavy (non-hydrogen) atoms. The van der Waals surface area contributed by atoms with Crippen LogP contribution in [0.2, 0.25) is 0 Å². The minimum Gasteiger partial charge on any atom is -0.284 e. The van der Waals surface area contributed by atoms with Crippen LogP contribution in [-0.4, -0.2) is 55.0 Å². The Labute approximate surface area is 164 Å². The van der Waals surface area contributed by atoms with Gasteiger partial charge in [0.2, 0.25) is 10.0 Å². The van der Waals surface area contributed by atoms with E-state index >= 15 is 0 Å². The minimum absolute atomic E-state index is 0.0162. The summed E-state index contributed by atoms with van der Waals surface area (Å²) in [6.07, 6.45) is 4.59. The van der Waals surface area contributed by atoms with Gasteiger partial charge in [-0.25, -0.2) is 23.7 Å². The zero-order valence-corrected chi connectivity index (χ0v) is 16.5. The summed E-state index contributed by atoms with van der Waals surface area (Å²) in [4.78, 5) is 6.31. The number of nitrogens with zero attached hydrogens (tertiary/aromatic N) is 3. The third-order valence-electron chi connectivity index (χ3n) is 5.49. The Kier molecular flexibility index (Phi) is 5.44. The number of hydrazine groups is 1. The van der Waals surface area contributed by atoms with Crippen LogP contribution >= 0.6 is 0 Å². The van der Waals surface area contributed by atoms with Gasteiger partial charge in [0.1, 0.15) is 5.82 Å². The van der Waals surface area contributed by atoms with Crippen molar-refractivity contribution < 1.29 is 12.8 Å². The number of pyridine rings is 1. The summed E-state index contributed by atoms with van der Waals surface area (Å²) in [6, 6.07) is 8.28. The number of hydrogen-bond acceptors (Lipinski definition) is 6. The summed E-state index contributed by atoms with van der Waals surface area (Å²) in [5.74, 6) is -0.497. The van der Waals surface area contributed by atoms with Gasteiger partial charge in [0.25, 0.3) is 0 Å². The number of sulfonamides is 1. The van der Waals surface area contributed by atoms with Crippen molar-refractivity contribution in [2.24, 2.45) is 0 Å². The van der Waals surface area contributed by atoms with Crippen molar-refractivity contribution in [1.29, 1.82) is 0 Å². The first-order valence-electron chi connectivity index (χ1n) is 9.36. The van der Waals surface area contributed by atoms with Gasteiger partial charge in [-0.05, 0) is 48.7 Å². The van der Waals surface area contributed by atoms with Gasteiger partial charge in [-0.3, -0.25) is 9.88 Å². The number of halogens is 1. The van der Waals surface area contributed by atoms with Gasteiger partial charge in [0, 0.05) is 44.6 Å². The molecule has 0 amide bonds. The smallest absolute Gasteiger partial charge is 0.243 e. The van der Waals surface area contributed by atoms with E-state index in [9.17, 15) is 12.8 Å². The molecule has 2 saturated heterocycles. The fourth-order valence-electron chi connectivity index (χ4n) is 3.73. The summed E-state index contributed by atoms with van der Waals surface area (Å²) < 4.78 is 40.9. The summed E-state index contributed by atoms with van der Waals surface area (Å²) >= 11 is 0. The summed E-state index contributed by atoms with van der Waals surface area (Å²) in [7, 11) is -3.68. The van der Waals surface area contributed by atoms with E-state index in [-0.39, 0.29) is 17.1 Å². The lowest BCUT2D eigenvalue weighted by Crippen LogP contribution is -2.55. The van der Waals surface area contributed by atoms with E-state index in [1.54, 1.807) is 19.3 Å². The first-order chi connectivity index (χ1) is 13.4. The molecule has 0 bridgehead atoms. The number of benzene rings is 1. The van der Waals surface area contributed by atoms with Crippen LogP contribution in [0, 0.1) is 12.7 Å². The lowest BCUT2D eigenvalue weighted by Gasteiger charge is -2.37. The molecule has 2 unspecified atom stereocenters. The van der Waals surface area contributed by atoms with Crippen LogP contribution in [0.15, 0.2) is 47.6 Å². The fourth-order valence-corrected chi connectivity index (χ4v) is 5.17. The Balaban J connectivity index is 1.37. The van der Waals surface area contributed by atoms with Crippen molar-refractivity contribution in [3.63, 3.8) is 0 Å². The average Bonchev–Trinajstić information content (AvgIpc) is 3.21. The lowest BCUT2D eigenvalue weighted by atomic mass is 10.1. The van der Waals surface area contributed by atoms with Crippen molar-refractivity contribution in [1.82, 2.24) is 25.0 Å². The van der Waals surface area contributed by atoms with E-state index in [1.807, 2.05) is 12.1 Å². The third-order valence-corrected chi connectivity index (χ3v) is 7.38. The Morgan fingerprint density at radius 1 is 1.07 bits per heavy atom. The molecular formula is C19H24FN5O2S. The molecule has 2 atom stereocenters. The summed E-state index contributed by atoms with van der Waals surface area (Å²) in [5.41, 5.74) is 8.23. The molecule has 0 aliphatic carbocycles. The first-order valence-corrected chi connectivity index (χ1v) is 10.8. The predicted octanol–water partition coefficient (Wildman–Crippen LogP) is 1.40. The first kappa shape index (κ1) is 19.4. The van der Waals surface area contributed by atoms with Crippen molar-refractivity contribution >= 4 is 10.0 Å². The molecular weight excluding hydrogens is 381 g/mol. The van der Waals surface area contributed by atoms with Crippen LogP contribution in [0.5, 0.6) is 0 Å². The van der Waals surface area contributed by atoms with E-state index in [1.165, 1.54) is 22.0 Å². The predicted molar refractivity (Wildman–Crippen MR) is 103 cm³/mol. The van der Waals surface area contributed by atoms with E-state index < -0.39 is 15.8 Å². The molecule has 2 aliphatic heterocycles. The van der Waals surface area contributed by atoms with Crippen LogP contribution in [-0.2, 0) is 10.0 Å². The SMILES string of the molecule is Cc1ccc(S(=O)(=O)N2CCN(C3CC(c4ccncc4)NN3)CC2)cc1F. The third kappa shape index (κ3) is 3.81. The molecule has 7 nitrogen and oxygen atoms in total. The highest BCUT2D eigenvalue weighted by atomic mass is 32.2.